The zero-order chi connectivity index (χ0) is 16.2. The Morgan fingerprint density at radius 3 is 2.83 bits per heavy atom. The van der Waals surface area contributed by atoms with Crippen LogP contribution in [0.15, 0.2) is 24.5 Å². The summed E-state index contributed by atoms with van der Waals surface area (Å²) in [5.74, 6) is -0.587. The molecule has 3 rings (SSSR count). The number of carbonyl (C=O) groups is 3. The second kappa shape index (κ2) is 6.74. The average Bonchev–Trinajstić information content (AvgIpc) is 3.10. The van der Waals surface area contributed by atoms with Gasteiger partial charge in [0.25, 0.3) is 5.91 Å². The van der Waals surface area contributed by atoms with E-state index < -0.39 is 6.03 Å². The highest BCUT2D eigenvalue weighted by atomic mass is 16.5. The zero-order valence-electron chi connectivity index (χ0n) is 12.5. The Bertz CT molecular complexity index is 591. The maximum Gasteiger partial charge on any atom is 0.325 e. The Kier molecular flexibility index (Phi) is 4.52. The predicted molar refractivity (Wildman–Crippen MR) is 79.3 cm³/mol. The summed E-state index contributed by atoms with van der Waals surface area (Å²) in [6, 6.07) is 3.21. The molecule has 2 aliphatic heterocycles. The van der Waals surface area contributed by atoms with Crippen molar-refractivity contribution in [2.75, 3.05) is 26.3 Å². The first-order valence-electron chi connectivity index (χ1n) is 7.47. The Hall–Kier alpha value is -2.48. The van der Waals surface area contributed by atoms with E-state index in [2.05, 4.69) is 15.6 Å². The van der Waals surface area contributed by atoms with Crippen molar-refractivity contribution in [2.24, 2.45) is 5.92 Å². The minimum absolute atomic E-state index is 0.0523. The van der Waals surface area contributed by atoms with Crippen molar-refractivity contribution in [3.05, 3.63) is 30.1 Å². The number of ether oxygens (including phenoxy) is 1. The summed E-state index contributed by atoms with van der Waals surface area (Å²) in [6.45, 7) is 0.685. The molecule has 8 nitrogen and oxygen atoms in total. The lowest BCUT2D eigenvalue weighted by Crippen LogP contribution is -2.47. The van der Waals surface area contributed by atoms with E-state index in [1.54, 1.807) is 12.4 Å². The van der Waals surface area contributed by atoms with Gasteiger partial charge in [0.1, 0.15) is 6.54 Å². The van der Waals surface area contributed by atoms with Crippen molar-refractivity contribution in [2.45, 2.75) is 12.5 Å². The molecule has 23 heavy (non-hydrogen) atoms. The Balaban J connectivity index is 1.55. The van der Waals surface area contributed by atoms with Crippen LogP contribution in [0, 0.1) is 5.92 Å². The first kappa shape index (κ1) is 15.4. The first-order valence-corrected chi connectivity index (χ1v) is 7.47. The maximum atomic E-state index is 12.1. The summed E-state index contributed by atoms with van der Waals surface area (Å²) in [5, 5.41) is 5.25. The summed E-state index contributed by atoms with van der Waals surface area (Å²) in [6.07, 6.45) is 4.24. The van der Waals surface area contributed by atoms with Crippen molar-refractivity contribution in [3.63, 3.8) is 0 Å². The number of carbonyl (C=O) groups excluding carboxylic acids is 3. The van der Waals surface area contributed by atoms with Crippen LogP contribution in [-0.2, 0) is 20.7 Å². The van der Waals surface area contributed by atoms with E-state index in [4.69, 9.17) is 4.74 Å². The molecule has 0 radical (unpaired) electrons. The average molecular weight is 318 g/mol. The van der Waals surface area contributed by atoms with Crippen LogP contribution >= 0.6 is 0 Å². The molecule has 2 saturated heterocycles. The molecule has 2 aliphatic rings. The van der Waals surface area contributed by atoms with Gasteiger partial charge in [-0.3, -0.25) is 19.5 Å². The van der Waals surface area contributed by atoms with Crippen molar-refractivity contribution >= 4 is 17.8 Å². The lowest BCUT2D eigenvalue weighted by Gasteiger charge is -2.20. The second-order valence-corrected chi connectivity index (χ2v) is 5.67. The number of urea groups is 1. The summed E-state index contributed by atoms with van der Waals surface area (Å²) in [5.41, 5.74) is 1.13. The van der Waals surface area contributed by atoms with Crippen LogP contribution in [0.4, 0.5) is 4.79 Å². The molecule has 0 spiro atoms. The molecular formula is C15H18N4O4. The molecule has 3 heterocycles. The number of amides is 4. The van der Waals surface area contributed by atoms with Crippen LogP contribution in [0.3, 0.4) is 0 Å². The normalized spacial score (nSPS) is 23.9. The smallest absolute Gasteiger partial charge is 0.325 e. The largest absolute Gasteiger partial charge is 0.379 e. The van der Waals surface area contributed by atoms with Crippen LogP contribution in [0.2, 0.25) is 0 Å². The third-order valence-corrected chi connectivity index (χ3v) is 4.03. The van der Waals surface area contributed by atoms with E-state index >= 15 is 0 Å². The summed E-state index contributed by atoms with van der Waals surface area (Å²) >= 11 is 0. The molecule has 1 aromatic heterocycles. The van der Waals surface area contributed by atoms with Gasteiger partial charge in [0, 0.05) is 18.3 Å². The van der Waals surface area contributed by atoms with Crippen LogP contribution in [0.1, 0.15) is 5.56 Å². The van der Waals surface area contributed by atoms with Crippen LogP contribution in [0.5, 0.6) is 0 Å². The molecule has 0 unspecified atom stereocenters. The third-order valence-electron chi connectivity index (χ3n) is 4.03. The number of hydrogen-bond donors (Lipinski definition) is 2. The van der Waals surface area contributed by atoms with Gasteiger partial charge in [-0.05, 0) is 24.1 Å². The van der Waals surface area contributed by atoms with E-state index in [1.807, 2.05) is 12.1 Å². The number of nitrogens with zero attached hydrogens (tertiary/aromatic N) is 2. The molecule has 0 saturated carbocycles. The van der Waals surface area contributed by atoms with E-state index in [1.165, 1.54) is 0 Å². The molecule has 0 bridgehead atoms. The number of rotatable bonds is 5. The molecule has 122 valence electrons. The molecule has 0 aromatic carbocycles. The number of aromatic nitrogens is 1. The predicted octanol–water partition coefficient (Wildman–Crippen LogP) is -0.693. The molecular weight excluding hydrogens is 300 g/mol. The Morgan fingerprint density at radius 1 is 1.35 bits per heavy atom. The molecule has 2 fully saturated rings. The Morgan fingerprint density at radius 2 is 2.13 bits per heavy atom. The van der Waals surface area contributed by atoms with Gasteiger partial charge in [-0.15, -0.1) is 0 Å². The van der Waals surface area contributed by atoms with Gasteiger partial charge in [-0.1, -0.05) is 0 Å². The van der Waals surface area contributed by atoms with Crippen molar-refractivity contribution in [1.82, 2.24) is 20.5 Å². The van der Waals surface area contributed by atoms with Gasteiger partial charge >= 0.3 is 6.03 Å². The number of pyridine rings is 1. The van der Waals surface area contributed by atoms with Gasteiger partial charge in [0.05, 0.1) is 25.8 Å². The molecule has 2 N–H and O–H groups in total. The topological polar surface area (TPSA) is 101 Å². The molecule has 4 amide bonds. The monoisotopic (exact) mass is 318 g/mol. The SMILES string of the molecule is O=C(CN1C(=O)CNC1=O)N[C@H]1COC[C@H]1Cc1ccncc1. The molecule has 2 atom stereocenters. The van der Waals surface area contributed by atoms with E-state index in [0.29, 0.717) is 13.2 Å². The molecule has 1 aromatic rings. The minimum Gasteiger partial charge on any atom is -0.379 e. The standard InChI is InChI=1S/C15H18N4O4/c20-13(7-19-14(21)6-17-15(19)22)18-12-9-23-8-11(12)5-10-1-3-16-4-2-10/h1-4,11-12H,5-9H2,(H,17,22)(H,18,20)/t11-,12+/m1/s1. The fourth-order valence-electron chi connectivity index (χ4n) is 2.79. The van der Waals surface area contributed by atoms with Crippen molar-refractivity contribution in [3.8, 4) is 0 Å². The number of nitrogens with one attached hydrogen (secondary N) is 2. The first-order chi connectivity index (χ1) is 11.1. The highest BCUT2D eigenvalue weighted by Gasteiger charge is 2.33. The highest BCUT2D eigenvalue weighted by molar-refractivity contribution is 6.04. The van der Waals surface area contributed by atoms with Gasteiger partial charge in [0.15, 0.2) is 0 Å². The zero-order valence-corrected chi connectivity index (χ0v) is 12.5. The fraction of sp³-hybridized carbons (Fsp3) is 0.467. The van der Waals surface area contributed by atoms with Gasteiger partial charge in [-0.25, -0.2) is 4.79 Å². The van der Waals surface area contributed by atoms with Crippen LogP contribution < -0.4 is 10.6 Å². The number of hydrogen-bond acceptors (Lipinski definition) is 5. The van der Waals surface area contributed by atoms with Gasteiger partial charge in [0.2, 0.25) is 5.91 Å². The van der Waals surface area contributed by atoms with Crippen molar-refractivity contribution < 1.29 is 19.1 Å². The highest BCUT2D eigenvalue weighted by Crippen LogP contribution is 2.19. The van der Waals surface area contributed by atoms with Crippen molar-refractivity contribution in [1.29, 1.82) is 0 Å². The maximum absolute atomic E-state index is 12.1. The van der Waals surface area contributed by atoms with Gasteiger partial charge in [-0.2, -0.15) is 0 Å². The quantitative estimate of drug-likeness (QED) is 0.700. The van der Waals surface area contributed by atoms with Crippen LogP contribution in [0.25, 0.3) is 0 Å². The number of imide groups is 1. The summed E-state index contributed by atoms with van der Waals surface area (Å²) in [4.78, 5) is 39.9. The molecule has 8 heteroatoms. The third kappa shape index (κ3) is 3.65. The van der Waals surface area contributed by atoms with E-state index in [-0.39, 0.29) is 36.9 Å². The lowest BCUT2D eigenvalue weighted by molar-refractivity contribution is -0.131. The van der Waals surface area contributed by atoms with E-state index in [9.17, 15) is 14.4 Å². The van der Waals surface area contributed by atoms with E-state index in [0.717, 1.165) is 16.9 Å². The summed E-state index contributed by atoms with van der Waals surface area (Å²) < 4.78 is 5.46. The van der Waals surface area contributed by atoms with Gasteiger partial charge < -0.3 is 15.4 Å². The fourth-order valence-corrected chi connectivity index (χ4v) is 2.79. The van der Waals surface area contributed by atoms with Crippen LogP contribution in [-0.4, -0.2) is 60.1 Å². The minimum atomic E-state index is -0.527. The Labute approximate surface area is 133 Å². The molecule has 0 aliphatic carbocycles. The summed E-state index contributed by atoms with van der Waals surface area (Å²) in [7, 11) is 0. The lowest BCUT2D eigenvalue weighted by atomic mass is 9.95. The second-order valence-electron chi connectivity index (χ2n) is 5.67.